The van der Waals surface area contributed by atoms with Gasteiger partial charge in [0.2, 0.25) is 0 Å². The number of hydrogen-bond acceptors (Lipinski definition) is 4. The van der Waals surface area contributed by atoms with Gasteiger partial charge in [-0.2, -0.15) is 0 Å². The molecule has 1 N–H and O–H groups in total. The van der Waals surface area contributed by atoms with Gasteiger partial charge in [0.05, 0.1) is 12.7 Å². The third kappa shape index (κ3) is 3.21. The molecule has 23 heavy (non-hydrogen) atoms. The van der Waals surface area contributed by atoms with Gasteiger partial charge in [0.25, 0.3) is 0 Å². The first-order valence-corrected chi connectivity index (χ1v) is 8.51. The van der Waals surface area contributed by atoms with Gasteiger partial charge in [-0.1, -0.05) is 24.3 Å². The van der Waals surface area contributed by atoms with Gasteiger partial charge in [-0.25, -0.2) is 4.79 Å². The number of ether oxygens (including phenoxy) is 1. The average Bonchev–Trinajstić information content (AvgIpc) is 2.92. The van der Waals surface area contributed by atoms with Gasteiger partial charge in [0.1, 0.15) is 0 Å². The topological polar surface area (TPSA) is 53.0 Å². The van der Waals surface area contributed by atoms with E-state index in [0.29, 0.717) is 6.61 Å². The minimum atomic E-state index is -0.398. The molecule has 0 unspecified atom stereocenters. The Morgan fingerprint density at radius 3 is 2.70 bits per heavy atom. The summed E-state index contributed by atoms with van der Waals surface area (Å²) in [5.74, 6) is 0. The number of likely N-dealkylation sites (tertiary alicyclic amines) is 1. The standard InChI is InChI=1S/C18H26N2O3/c1-3-23-18(22)19(2)14-8-10-20(11-9-14)16-12-13-6-4-5-7-15(13)17(16)21/h4-7,14,16-17,21H,3,8-12H2,1-2H3/t16-,17+/m0/s1. The van der Waals surface area contributed by atoms with Crippen LogP contribution in [0.15, 0.2) is 24.3 Å². The molecule has 1 aliphatic heterocycles. The molecule has 1 aromatic carbocycles. The molecule has 126 valence electrons. The molecule has 1 aromatic rings. The van der Waals surface area contributed by atoms with Crippen LogP contribution in [0.5, 0.6) is 0 Å². The number of benzene rings is 1. The Morgan fingerprint density at radius 1 is 1.35 bits per heavy atom. The van der Waals surface area contributed by atoms with E-state index in [2.05, 4.69) is 11.0 Å². The zero-order valence-corrected chi connectivity index (χ0v) is 13.9. The molecule has 1 amide bonds. The third-order valence-corrected chi connectivity index (χ3v) is 5.24. The number of amides is 1. The van der Waals surface area contributed by atoms with Crippen molar-refractivity contribution in [2.45, 2.75) is 44.4 Å². The third-order valence-electron chi connectivity index (χ3n) is 5.24. The van der Waals surface area contributed by atoms with Crippen molar-refractivity contribution in [1.29, 1.82) is 0 Å². The molecule has 1 saturated heterocycles. The number of carbonyl (C=O) groups excluding carboxylic acids is 1. The van der Waals surface area contributed by atoms with E-state index in [9.17, 15) is 9.90 Å². The van der Waals surface area contributed by atoms with Crippen LogP contribution in [0.3, 0.4) is 0 Å². The lowest BCUT2D eigenvalue weighted by Gasteiger charge is -2.39. The minimum absolute atomic E-state index is 0.168. The van der Waals surface area contributed by atoms with Crippen LogP contribution >= 0.6 is 0 Å². The van der Waals surface area contributed by atoms with Crippen molar-refractivity contribution in [3.63, 3.8) is 0 Å². The number of nitrogens with zero attached hydrogens (tertiary/aromatic N) is 2. The summed E-state index contributed by atoms with van der Waals surface area (Å²) in [4.78, 5) is 15.9. The lowest BCUT2D eigenvalue weighted by atomic mass is 10.0. The molecular formula is C18H26N2O3. The Labute approximate surface area is 137 Å². The van der Waals surface area contributed by atoms with E-state index in [1.807, 2.05) is 32.2 Å². The highest BCUT2D eigenvalue weighted by Gasteiger charge is 2.37. The van der Waals surface area contributed by atoms with E-state index in [-0.39, 0.29) is 18.2 Å². The normalized spacial score (nSPS) is 25.2. The molecular weight excluding hydrogens is 292 g/mol. The second-order valence-electron chi connectivity index (χ2n) is 6.49. The zero-order chi connectivity index (χ0) is 16.4. The van der Waals surface area contributed by atoms with Crippen molar-refractivity contribution in [2.75, 3.05) is 26.7 Å². The molecule has 2 atom stereocenters. The number of fused-ring (bicyclic) bond motifs is 1. The van der Waals surface area contributed by atoms with Crippen molar-refractivity contribution in [3.05, 3.63) is 35.4 Å². The first kappa shape index (κ1) is 16.3. The SMILES string of the molecule is CCOC(=O)N(C)C1CCN([C@H]2Cc3ccccc3[C@H]2O)CC1. The van der Waals surface area contributed by atoms with Crippen LogP contribution in [0, 0.1) is 0 Å². The number of piperidine rings is 1. The van der Waals surface area contributed by atoms with E-state index >= 15 is 0 Å². The number of hydrogen-bond donors (Lipinski definition) is 1. The molecule has 1 aliphatic carbocycles. The van der Waals surface area contributed by atoms with Crippen molar-refractivity contribution >= 4 is 6.09 Å². The highest BCUT2D eigenvalue weighted by Crippen LogP contribution is 2.35. The Kier molecular flexibility index (Phi) is 4.87. The summed E-state index contributed by atoms with van der Waals surface area (Å²) in [5, 5.41) is 10.6. The smallest absolute Gasteiger partial charge is 0.409 e. The molecule has 0 spiro atoms. The molecule has 0 radical (unpaired) electrons. The van der Waals surface area contributed by atoms with Gasteiger partial charge in [-0.05, 0) is 37.3 Å². The molecule has 0 saturated carbocycles. The summed E-state index contributed by atoms with van der Waals surface area (Å²) in [7, 11) is 1.82. The fraction of sp³-hybridized carbons (Fsp3) is 0.611. The van der Waals surface area contributed by atoms with E-state index in [0.717, 1.165) is 37.9 Å². The highest BCUT2D eigenvalue weighted by atomic mass is 16.6. The Bertz CT molecular complexity index is 555. The molecule has 0 aromatic heterocycles. The monoisotopic (exact) mass is 318 g/mol. The van der Waals surface area contributed by atoms with Gasteiger partial charge in [0, 0.05) is 32.2 Å². The van der Waals surface area contributed by atoms with Crippen LogP contribution < -0.4 is 0 Å². The van der Waals surface area contributed by atoms with E-state index in [1.165, 1.54) is 5.56 Å². The minimum Gasteiger partial charge on any atom is -0.450 e. The summed E-state index contributed by atoms with van der Waals surface area (Å²) < 4.78 is 5.08. The summed E-state index contributed by atoms with van der Waals surface area (Å²) in [6, 6.07) is 8.56. The maximum Gasteiger partial charge on any atom is 0.409 e. The number of aliphatic hydroxyl groups is 1. The first-order chi connectivity index (χ1) is 11.1. The second kappa shape index (κ2) is 6.89. The molecule has 5 nitrogen and oxygen atoms in total. The lowest BCUT2D eigenvalue weighted by Crippen LogP contribution is -2.49. The molecule has 3 rings (SSSR count). The number of aliphatic hydroxyl groups excluding tert-OH is 1. The zero-order valence-electron chi connectivity index (χ0n) is 13.9. The van der Waals surface area contributed by atoms with Crippen LogP contribution in [0.1, 0.15) is 37.0 Å². The van der Waals surface area contributed by atoms with Crippen LogP contribution in [-0.2, 0) is 11.2 Å². The molecule has 5 heteroatoms. The van der Waals surface area contributed by atoms with Crippen molar-refractivity contribution in [1.82, 2.24) is 9.80 Å². The maximum atomic E-state index is 11.8. The Balaban J connectivity index is 1.57. The summed E-state index contributed by atoms with van der Waals surface area (Å²) in [6.07, 6.45) is 2.13. The van der Waals surface area contributed by atoms with Gasteiger partial charge in [-0.15, -0.1) is 0 Å². The number of rotatable bonds is 3. The van der Waals surface area contributed by atoms with Gasteiger partial charge in [0.15, 0.2) is 0 Å². The summed E-state index contributed by atoms with van der Waals surface area (Å²) in [5.41, 5.74) is 2.33. The van der Waals surface area contributed by atoms with Crippen LogP contribution in [0.25, 0.3) is 0 Å². The fourth-order valence-corrected chi connectivity index (χ4v) is 3.86. The van der Waals surface area contributed by atoms with Crippen molar-refractivity contribution < 1.29 is 14.6 Å². The van der Waals surface area contributed by atoms with Gasteiger partial charge < -0.3 is 14.7 Å². The maximum absolute atomic E-state index is 11.8. The Hall–Kier alpha value is -1.59. The van der Waals surface area contributed by atoms with Crippen LogP contribution in [0.2, 0.25) is 0 Å². The fourth-order valence-electron chi connectivity index (χ4n) is 3.86. The van der Waals surface area contributed by atoms with E-state index in [1.54, 1.807) is 4.90 Å². The molecule has 1 heterocycles. The predicted octanol–water partition coefficient (Wildman–Crippen LogP) is 2.20. The van der Waals surface area contributed by atoms with Crippen molar-refractivity contribution in [2.24, 2.45) is 0 Å². The molecule has 2 aliphatic rings. The average molecular weight is 318 g/mol. The van der Waals surface area contributed by atoms with E-state index < -0.39 is 6.10 Å². The summed E-state index contributed by atoms with van der Waals surface area (Å²) >= 11 is 0. The first-order valence-electron chi connectivity index (χ1n) is 8.51. The predicted molar refractivity (Wildman–Crippen MR) is 88.3 cm³/mol. The van der Waals surface area contributed by atoms with Gasteiger partial charge in [-0.3, -0.25) is 4.90 Å². The number of carbonyl (C=O) groups is 1. The second-order valence-corrected chi connectivity index (χ2v) is 6.49. The van der Waals surface area contributed by atoms with E-state index in [4.69, 9.17) is 4.74 Å². The lowest BCUT2D eigenvalue weighted by molar-refractivity contribution is 0.0276. The highest BCUT2D eigenvalue weighted by molar-refractivity contribution is 5.67. The van der Waals surface area contributed by atoms with Crippen molar-refractivity contribution in [3.8, 4) is 0 Å². The summed E-state index contributed by atoms with van der Waals surface area (Å²) in [6.45, 7) is 4.05. The quantitative estimate of drug-likeness (QED) is 0.928. The Morgan fingerprint density at radius 2 is 2.04 bits per heavy atom. The largest absolute Gasteiger partial charge is 0.450 e. The van der Waals surface area contributed by atoms with Crippen LogP contribution in [-0.4, -0.2) is 59.8 Å². The van der Waals surface area contributed by atoms with Gasteiger partial charge >= 0.3 is 6.09 Å². The molecule has 0 bridgehead atoms. The molecule has 1 fully saturated rings. The van der Waals surface area contributed by atoms with Crippen LogP contribution in [0.4, 0.5) is 4.79 Å².